The molecule has 35 heavy (non-hydrogen) atoms. The van der Waals surface area contributed by atoms with E-state index in [1.54, 1.807) is 13.8 Å². The van der Waals surface area contributed by atoms with Crippen molar-refractivity contribution in [1.29, 1.82) is 0 Å². The first kappa shape index (κ1) is 24.8. The molecule has 1 saturated heterocycles. The Bertz CT molecular complexity index is 1090. The minimum absolute atomic E-state index is 0.0837. The molecule has 2 aliphatic rings. The average Bonchev–Trinajstić information content (AvgIpc) is 3.42. The summed E-state index contributed by atoms with van der Waals surface area (Å²) in [6.07, 6.45) is 1.71. The van der Waals surface area contributed by atoms with Gasteiger partial charge in [-0.2, -0.15) is 0 Å². The van der Waals surface area contributed by atoms with Crippen LogP contribution in [-0.2, 0) is 14.3 Å². The van der Waals surface area contributed by atoms with Crippen molar-refractivity contribution in [2.45, 2.75) is 69.9 Å². The Morgan fingerprint density at radius 2 is 1.69 bits per heavy atom. The number of carboxylic acids is 1. The highest BCUT2D eigenvalue weighted by atomic mass is 16.5. The van der Waals surface area contributed by atoms with Gasteiger partial charge in [-0.3, -0.25) is 4.79 Å². The number of carbonyl (C=O) groups is 3. The van der Waals surface area contributed by atoms with Gasteiger partial charge in [0.25, 0.3) is 0 Å². The van der Waals surface area contributed by atoms with Gasteiger partial charge in [-0.15, -0.1) is 0 Å². The number of nitrogens with zero attached hydrogens (tertiary/aromatic N) is 1. The normalized spacial score (nSPS) is 20.6. The lowest BCUT2D eigenvalue weighted by atomic mass is 9.88. The molecule has 2 aromatic carbocycles. The number of fused-ring (bicyclic) bond motifs is 3. The third-order valence-electron chi connectivity index (χ3n) is 7.66. The molecule has 7 nitrogen and oxygen atoms in total. The van der Waals surface area contributed by atoms with Crippen LogP contribution >= 0.6 is 0 Å². The molecule has 186 valence electrons. The van der Waals surface area contributed by atoms with Crippen molar-refractivity contribution in [2.75, 3.05) is 13.2 Å². The first-order valence-corrected chi connectivity index (χ1v) is 12.5. The number of hydrogen-bond donors (Lipinski definition) is 2. The fourth-order valence-corrected chi connectivity index (χ4v) is 5.80. The lowest BCUT2D eigenvalue weighted by molar-refractivity contribution is -0.159. The van der Waals surface area contributed by atoms with Gasteiger partial charge in [0.2, 0.25) is 5.91 Å². The Labute approximate surface area is 206 Å². The molecule has 1 heterocycles. The molecule has 0 spiro atoms. The molecule has 0 radical (unpaired) electrons. The molecule has 4 rings (SSSR count). The Hall–Kier alpha value is -3.35. The van der Waals surface area contributed by atoms with E-state index < -0.39 is 23.1 Å². The Morgan fingerprint density at radius 3 is 2.23 bits per heavy atom. The number of carboxylic acid groups (broad SMARTS) is 1. The summed E-state index contributed by atoms with van der Waals surface area (Å²) in [5.41, 5.74) is 2.02. The van der Waals surface area contributed by atoms with E-state index in [0.717, 1.165) is 22.3 Å². The molecule has 0 bridgehead atoms. The number of nitrogens with one attached hydrogen (secondary N) is 1. The average molecular weight is 479 g/mol. The van der Waals surface area contributed by atoms with E-state index in [2.05, 4.69) is 29.6 Å². The number of ether oxygens (including phenoxy) is 1. The van der Waals surface area contributed by atoms with Gasteiger partial charge in [0.05, 0.1) is 0 Å². The number of rotatable bonds is 8. The van der Waals surface area contributed by atoms with Crippen LogP contribution in [-0.4, -0.2) is 52.2 Å². The van der Waals surface area contributed by atoms with E-state index in [1.807, 2.05) is 31.2 Å². The molecule has 1 fully saturated rings. The molecule has 0 saturated carbocycles. The van der Waals surface area contributed by atoms with Gasteiger partial charge in [0.1, 0.15) is 17.7 Å². The number of likely N-dealkylation sites (tertiary alicyclic amines) is 1. The molecule has 2 N–H and O–H groups in total. The van der Waals surface area contributed by atoms with Crippen LogP contribution in [0.15, 0.2) is 48.5 Å². The number of hydrogen-bond acceptors (Lipinski definition) is 4. The number of aliphatic carboxylic acids is 1. The summed E-state index contributed by atoms with van der Waals surface area (Å²) in [4.78, 5) is 40.2. The summed E-state index contributed by atoms with van der Waals surface area (Å²) in [6, 6.07) is 16.2. The Kier molecular flexibility index (Phi) is 6.88. The summed E-state index contributed by atoms with van der Waals surface area (Å²) in [6.45, 7) is 5.90. The van der Waals surface area contributed by atoms with Crippen LogP contribution < -0.4 is 5.32 Å². The van der Waals surface area contributed by atoms with Crippen LogP contribution in [0, 0.1) is 0 Å². The second-order valence-electron chi connectivity index (χ2n) is 9.78. The van der Waals surface area contributed by atoms with Gasteiger partial charge in [0.15, 0.2) is 0 Å². The van der Waals surface area contributed by atoms with Gasteiger partial charge in [-0.05, 0) is 54.9 Å². The topological polar surface area (TPSA) is 95.9 Å². The maximum absolute atomic E-state index is 13.7. The van der Waals surface area contributed by atoms with Crippen molar-refractivity contribution in [3.63, 3.8) is 0 Å². The standard InChI is InChI=1S/C28H34N2O5/c1-4-15-27(3,24(31)30-17-10-16-28(30,5-2)25(32)33)29-26(34)35-18-23-21-13-8-6-11-19(21)20-12-7-9-14-22(20)23/h6-9,11-14,23H,4-5,10,15-18H2,1-3H3,(H,29,34)(H,32,33). The molecule has 7 heteroatoms. The van der Waals surface area contributed by atoms with Gasteiger partial charge in [-0.1, -0.05) is 68.8 Å². The number of benzene rings is 2. The Morgan fingerprint density at radius 1 is 1.09 bits per heavy atom. The smallest absolute Gasteiger partial charge is 0.408 e. The zero-order valence-electron chi connectivity index (χ0n) is 20.7. The van der Waals surface area contributed by atoms with Crippen molar-refractivity contribution >= 4 is 18.0 Å². The van der Waals surface area contributed by atoms with Crippen molar-refractivity contribution in [2.24, 2.45) is 0 Å². The van der Waals surface area contributed by atoms with Gasteiger partial charge < -0.3 is 20.1 Å². The van der Waals surface area contributed by atoms with Crippen molar-refractivity contribution < 1.29 is 24.2 Å². The second-order valence-corrected chi connectivity index (χ2v) is 9.78. The molecule has 2 atom stereocenters. The summed E-state index contributed by atoms with van der Waals surface area (Å²) in [5, 5.41) is 12.7. The summed E-state index contributed by atoms with van der Waals surface area (Å²) in [5.74, 6) is -1.44. The van der Waals surface area contributed by atoms with E-state index >= 15 is 0 Å². The first-order valence-electron chi connectivity index (χ1n) is 12.5. The fraction of sp³-hybridized carbons (Fsp3) is 0.464. The summed E-state index contributed by atoms with van der Waals surface area (Å²) in [7, 11) is 0. The van der Waals surface area contributed by atoms with Gasteiger partial charge in [0, 0.05) is 12.5 Å². The van der Waals surface area contributed by atoms with Crippen molar-refractivity contribution in [1.82, 2.24) is 10.2 Å². The number of carbonyl (C=O) groups excluding carboxylic acids is 2. The lowest BCUT2D eigenvalue weighted by Crippen LogP contribution is -2.63. The molecule has 1 aliphatic carbocycles. The van der Waals surface area contributed by atoms with Crippen LogP contribution in [0.5, 0.6) is 0 Å². The molecular weight excluding hydrogens is 444 g/mol. The quantitative estimate of drug-likeness (QED) is 0.560. The Balaban J connectivity index is 1.50. The zero-order valence-corrected chi connectivity index (χ0v) is 20.7. The molecular formula is C28H34N2O5. The third-order valence-corrected chi connectivity index (χ3v) is 7.66. The number of amides is 2. The molecule has 2 unspecified atom stereocenters. The van der Waals surface area contributed by atoms with Crippen LogP contribution in [0.25, 0.3) is 11.1 Å². The highest BCUT2D eigenvalue weighted by Crippen LogP contribution is 2.44. The molecule has 2 amide bonds. The largest absolute Gasteiger partial charge is 0.479 e. The highest BCUT2D eigenvalue weighted by molar-refractivity contribution is 5.94. The number of alkyl carbamates (subject to hydrolysis) is 1. The maximum Gasteiger partial charge on any atom is 0.408 e. The molecule has 2 aromatic rings. The van der Waals surface area contributed by atoms with Crippen LogP contribution in [0.3, 0.4) is 0 Å². The third kappa shape index (κ3) is 4.28. The monoisotopic (exact) mass is 478 g/mol. The van der Waals surface area contributed by atoms with E-state index in [0.29, 0.717) is 38.6 Å². The van der Waals surface area contributed by atoms with E-state index in [-0.39, 0.29) is 18.4 Å². The predicted molar refractivity (Wildman–Crippen MR) is 133 cm³/mol. The second kappa shape index (κ2) is 9.72. The highest BCUT2D eigenvalue weighted by Gasteiger charge is 2.52. The predicted octanol–water partition coefficient (Wildman–Crippen LogP) is 4.94. The summed E-state index contributed by atoms with van der Waals surface area (Å²) < 4.78 is 5.68. The maximum atomic E-state index is 13.7. The molecule has 1 aliphatic heterocycles. The van der Waals surface area contributed by atoms with Crippen LogP contribution in [0.2, 0.25) is 0 Å². The van der Waals surface area contributed by atoms with Crippen LogP contribution in [0.4, 0.5) is 4.79 Å². The summed E-state index contributed by atoms with van der Waals surface area (Å²) >= 11 is 0. The SMILES string of the molecule is CCCC(C)(NC(=O)OCC1c2ccccc2-c2ccccc21)C(=O)N1CCCC1(CC)C(=O)O. The minimum Gasteiger partial charge on any atom is -0.479 e. The van der Waals surface area contributed by atoms with Crippen molar-refractivity contribution in [3.8, 4) is 11.1 Å². The lowest BCUT2D eigenvalue weighted by Gasteiger charge is -2.40. The van der Waals surface area contributed by atoms with Crippen molar-refractivity contribution in [3.05, 3.63) is 59.7 Å². The van der Waals surface area contributed by atoms with E-state index in [1.165, 1.54) is 4.90 Å². The molecule has 0 aromatic heterocycles. The van der Waals surface area contributed by atoms with Gasteiger partial charge >= 0.3 is 12.1 Å². The van der Waals surface area contributed by atoms with E-state index in [4.69, 9.17) is 4.74 Å². The zero-order chi connectivity index (χ0) is 25.2. The van der Waals surface area contributed by atoms with Gasteiger partial charge in [-0.25, -0.2) is 9.59 Å². The minimum atomic E-state index is -1.25. The first-order chi connectivity index (χ1) is 16.8. The van der Waals surface area contributed by atoms with E-state index in [9.17, 15) is 19.5 Å². The fourth-order valence-electron chi connectivity index (χ4n) is 5.80. The van der Waals surface area contributed by atoms with Crippen LogP contribution in [0.1, 0.15) is 69.9 Å².